The molecule has 0 aliphatic heterocycles. The molecule has 7 aromatic rings. The van der Waals surface area contributed by atoms with Crippen molar-refractivity contribution >= 4 is 18.7 Å². The summed E-state index contributed by atoms with van der Waals surface area (Å²) >= 11 is -2.45. The van der Waals surface area contributed by atoms with Crippen LogP contribution < -0.4 is 0 Å². The smallest absolute Gasteiger partial charge is 0.226 e. The van der Waals surface area contributed by atoms with Gasteiger partial charge in [-0.3, -0.25) is 0 Å². The second kappa shape index (κ2) is 32.9. The first-order chi connectivity index (χ1) is 39.5. The molecule has 0 radical (unpaired) electrons. The van der Waals surface area contributed by atoms with Crippen molar-refractivity contribution in [3.63, 3.8) is 0 Å². The van der Waals surface area contributed by atoms with Gasteiger partial charge in [0.25, 0.3) is 0 Å². The SMILES string of the molecule is CCC[CH2][Sn]([CH2]CCC)([CH2]CCC)[N]=[N+]=[N-].Cc1oc(-c2ccc(F)cc2)nc1COC1CCCC(OCc2ccccc2-c2nn[nH]n2)C1.Cc1oc(-c2ccc(F)cc2)nc1COC1CCCC(OCc2ccccc2C#N)C1. The van der Waals surface area contributed by atoms with E-state index in [0.29, 0.717) is 61.1 Å². The van der Waals surface area contributed by atoms with Gasteiger partial charge in [0.1, 0.15) is 34.5 Å². The van der Waals surface area contributed by atoms with Crippen LogP contribution in [0.3, 0.4) is 0 Å². The summed E-state index contributed by atoms with van der Waals surface area (Å²) in [6, 6.07) is 29.9. The number of H-pyrrole nitrogens is 1. The molecule has 9 rings (SSSR count). The first-order valence-corrected chi connectivity index (χ1v) is 36.1. The summed E-state index contributed by atoms with van der Waals surface area (Å²) in [5.41, 5.74) is 15.3. The van der Waals surface area contributed by atoms with Crippen LogP contribution in [0.25, 0.3) is 44.7 Å². The van der Waals surface area contributed by atoms with Crippen LogP contribution in [-0.4, -0.2) is 73.7 Å². The van der Waals surface area contributed by atoms with E-state index in [9.17, 15) is 14.0 Å². The van der Waals surface area contributed by atoms with Crippen molar-refractivity contribution in [3.05, 3.63) is 159 Å². The molecule has 1 N–H and O–H groups in total. The summed E-state index contributed by atoms with van der Waals surface area (Å²) in [5, 5.41) is 23.6. The monoisotopic (exact) mass is 1220 g/mol. The van der Waals surface area contributed by atoms with Crippen molar-refractivity contribution in [2.45, 2.75) is 189 Å². The molecule has 2 aliphatic carbocycles. The number of azide groups is 1. The second-order valence-electron chi connectivity index (χ2n) is 21.0. The van der Waals surface area contributed by atoms with E-state index < -0.39 is 18.7 Å². The van der Waals surface area contributed by atoms with Gasteiger partial charge in [-0.15, -0.1) is 10.2 Å². The van der Waals surface area contributed by atoms with Gasteiger partial charge < -0.3 is 27.8 Å². The predicted octanol–water partition coefficient (Wildman–Crippen LogP) is 16.4. The number of tetrazole rings is 1. The molecular formula is C62H78F2N10O6Sn. The third-order valence-corrected chi connectivity index (χ3v) is 27.4. The number of rotatable bonds is 25. The Hall–Kier alpha value is -6.33. The van der Waals surface area contributed by atoms with Gasteiger partial charge in [-0.25, -0.2) is 18.7 Å². The fraction of sp³-hybridized carbons (Fsp3) is 0.484. The minimum absolute atomic E-state index is 0.0929. The molecule has 430 valence electrons. The number of aromatic nitrogens is 6. The summed E-state index contributed by atoms with van der Waals surface area (Å²) in [5.74, 6) is 2.34. The zero-order valence-corrected chi connectivity index (χ0v) is 50.5. The molecule has 4 atom stereocenters. The number of benzene rings is 4. The van der Waals surface area contributed by atoms with Crippen molar-refractivity contribution in [3.8, 4) is 40.4 Å². The van der Waals surface area contributed by atoms with Gasteiger partial charge in [-0.1, -0.05) is 42.5 Å². The molecule has 4 unspecified atom stereocenters. The zero-order chi connectivity index (χ0) is 57.2. The van der Waals surface area contributed by atoms with E-state index >= 15 is 0 Å². The van der Waals surface area contributed by atoms with Crippen molar-refractivity contribution < 1.29 is 36.6 Å². The van der Waals surface area contributed by atoms with Gasteiger partial charge in [-0.2, -0.15) is 10.5 Å². The number of halogens is 2. The molecule has 0 saturated heterocycles. The van der Waals surface area contributed by atoms with Gasteiger partial charge in [0, 0.05) is 16.7 Å². The Balaban J connectivity index is 0.000000187. The van der Waals surface area contributed by atoms with E-state index in [1.807, 2.05) is 62.4 Å². The van der Waals surface area contributed by atoms with E-state index in [0.717, 1.165) is 90.6 Å². The zero-order valence-electron chi connectivity index (χ0n) is 47.6. The Morgan fingerprint density at radius 2 is 1.09 bits per heavy atom. The number of oxazole rings is 2. The molecule has 2 aliphatic rings. The van der Waals surface area contributed by atoms with Crippen LogP contribution in [0.4, 0.5) is 8.78 Å². The largest absolute Gasteiger partial charge is 0.441 e. The molecule has 3 aromatic heterocycles. The molecule has 0 amide bonds. The van der Waals surface area contributed by atoms with Crippen LogP contribution >= 0.6 is 0 Å². The fourth-order valence-electron chi connectivity index (χ4n) is 10.2. The van der Waals surface area contributed by atoms with E-state index in [-0.39, 0.29) is 36.1 Å². The molecule has 3 heterocycles. The number of hydrogen-bond donors (Lipinski definition) is 1. The Labute approximate surface area is 479 Å². The quantitative estimate of drug-likeness (QED) is 0.0245. The third kappa shape index (κ3) is 19.4. The van der Waals surface area contributed by atoms with Crippen LogP contribution in [0.15, 0.2) is 109 Å². The van der Waals surface area contributed by atoms with Gasteiger partial charge >= 0.3 is 105 Å². The Bertz CT molecular complexity index is 3030. The molecule has 2 saturated carbocycles. The Kier molecular flexibility index (Phi) is 25.3. The van der Waals surface area contributed by atoms with Crippen LogP contribution in [0.2, 0.25) is 13.3 Å². The molecule has 4 aromatic carbocycles. The van der Waals surface area contributed by atoms with Crippen LogP contribution in [0.1, 0.15) is 150 Å². The number of ether oxygens (including phenoxy) is 4. The second-order valence-corrected chi connectivity index (χ2v) is 32.8. The van der Waals surface area contributed by atoms with E-state index in [1.54, 1.807) is 24.3 Å². The standard InChI is InChI=1S/C25H26FN5O3.C25H25FN2O3.3C4H9.N3.Sn/c1-16-23(27-25(34-16)17-9-11-19(26)12-10-17)15-33-21-7-4-6-20(13-21)32-14-18-5-2-3-8-22(18)24-28-30-31-29-24;1-17-24(28-25(31-17)18-9-11-21(26)12-10-18)16-30-23-8-4-7-22(13-23)29-15-20-6-3-2-5-19(20)14-27;3*1-3-4-2;1-3-2;/h2-3,5,8-12,20-21H,4,6-7,13-15H2,1H3,(H,28,29,30,31);2-3,5-6,9-12,22-23H,4,7-8,13,15-16H2,1H3;3*1,3-4H2,2H3;;/q;;;;;-1;+1. The van der Waals surface area contributed by atoms with Crippen LogP contribution in [0.5, 0.6) is 0 Å². The minimum Gasteiger partial charge on any atom is -0.441 e. The minimum atomic E-state index is -2.45. The number of hydrogen-bond acceptors (Lipinski definition) is 13. The molecule has 81 heavy (non-hydrogen) atoms. The summed E-state index contributed by atoms with van der Waals surface area (Å²) in [7, 11) is 0. The summed E-state index contributed by atoms with van der Waals surface area (Å²) in [6.07, 6.45) is 15.6. The fourth-order valence-corrected chi connectivity index (χ4v) is 22.4. The molecule has 19 heteroatoms. The summed E-state index contributed by atoms with van der Waals surface area (Å²) in [6.45, 7) is 12.1. The van der Waals surface area contributed by atoms with Crippen LogP contribution in [-0.2, 0) is 45.4 Å². The number of nitrogens with one attached hydrogen (secondary N) is 1. The van der Waals surface area contributed by atoms with Crippen molar-refractivity contribution in [1.29, 1.82) is 5.26 Å². The van der Waals surface area contributed by atoms with E-state index in [2.05, 4.69) is 65.7 Å². The average molecular weight is 1220 g/mol. The van der Waals surface area contributed by atoms with Gasteiger partial charge in [0.2, 0.25) is 17.6 Å². The first-order valence-electron chi connectivity index (χ1n) is 28.8. The number of nitrogens with zero attached hydrogens (tertiary/aromatic N) is 9. The topological polar surface area (TPSA) is 216 Å². The predicted molar refractivity (Wildman–Crippen MR) is 309 cm³/mol. The average Bonchev–Trinajstić information content (AvgIpc) is 4.27. The number of aryl methyl sites for hydroxylation is 2. The number of nitriles is 1. The van der Waals surface area contributed by atoms with Gasteiger partial charge in [0.05, 0.1) is 62.5 Å². The third-order valence-electron chi connectivity index (χ3n) is 15.0. The normalized spacial score (nSPS) is 17.0. The summed E-state index contributed by atoms with van der Waals surface area (Å²) < 4.78 is 70.7. The molecule has 2 fully saturated rings. The van der Waals surface area contributed by atoms with E-state index in [1.165, 1.54) is 76.1 Å². The first kappa shape index (κ1) is 62.3. The number of aromatic amines is 1. The van der Waals surface area contributed by atoms with Crippen molar-refractivity contribution in [1.82, 2.24) is 30.6 Å². The summed E-state index contributed by atoms with van der Waals surface area (Å²) in [4.78, 5) is 12.3. The van der Waals surface area contributed by atoms with Gasteiger partial charge in [-0.05, 0) is 136 Å². The maximum atomic E-state index is 13.2. The van der Waals surface area contributed by atoms with Crippen molar-refractivity contribution in [2.75, 3.05) is 0 Å². The molecule has 0 spiro atoms. The molecular weight excluding hydrogens is 1140 g/mol. The Morgan fingerprint density at radius 3 is 1.53 bits per heavy atom. The Morgan fingerprint density at radius 1 is 0.642 bits per heavy atom. The maximum Gasteiger partial charge on any atom is 0.226 e. The van der Waals surface area contributed by atoms with Crippen molar-refractivity contribution in [2.24, 2.45) is 3.34 Å². The number of unbranched alkanes of at least 4 members (excludes halogenated alkanes) is 3. The van der Waals surface area contributed by atoms with Gasteiger partial charge in [0.15, 0.2) is 0 Å². The maximum absolute atomic E-state index is 13.2. The van der Waals surface area contributed by atoms with E-state index in [4.69, 9.17) is 33.3 Å². The molecule has 16 nitrogen and oxygen atoms in total. The van der Waals surface area contributed by atoms with Crippen LogP contribution in [0, 0.1) is 36.8 Å². The molecule has 0 bridgehead atoms.